The first-order valence-corrected chi connectivity index (χ1v) is 7.44. The van der Waals surface area contributed by atoms with Gasteiger partial charge in [0, 0.05) is 10.6 Å². The number of nitrogen functional groups attached to an aromatic ring is 2. The minimum Gasteiger partial charge on any atom is -0.417 e. The van der Waals surface area contributed by atoms with Crippen molar-refractivity contribution in [1.82, 2.24) is 15.2 Å². The molecule has 0 saturated carbocycles. The lowest BCUT2D eigenvalue weighted by atomic mass is 10.0. The van der Waals surface area contributed by atoms with Gasteiger partial charge in [0.1, 0.15) is 4.70 Å². The van der Waals surface area contributed by atoms with Crippen LogP contribution in [0.3, 0.4) is 0 Å². The van der Waals surface area contributed by atoms with Crippen molar-refractivity contribution < 1.29 is 4.42 Å². The third kappa shape index (κ3) is 1.89. The predicted molar refractivity (Wildman–Crippen MR) is 86.8 cm³/mol. The van der Waals surface area contributed by atoms with Gasteiger partial charge in [-0.25, -0.2) is 5.84 Å². The first-order valence-electron chi connectivity index (χ1n) is 6.25. The number of benzene rings is 1. The van der Waals surface area contributed by atoms with E-state index in [1.54, 1.807) is 0 Å². The summed E-state index contributed by atoms with van der Waals surface area (Å²) in [5, 5.41) is 9.03. The summed E-state index contributed by atoms with van der Waals surface area (Å²) in [5.41, 5.74) is 11.3. The molecule has 4 rings (SSSR count). The standard InChI is InChI=1S/C13H9ClN6OS/c14-6-3-1-5(2-4-6)7-8-10(15)19-20-11(8)21-12-9(7)22-13(17-12)18-16/h1-4H,16H2,(H2,15,19)(H,17,18). The summed E-state index contributed by atoms with van der Waals surface area (Å²) in [6, 6.07) is 7.42. The van der Waals surface area contributed by atoms with Gasteiger partial charge < -0.3 is 10.2 Å². The van der Waals surface area contributed by atoms with E-state index in [9.17, 15) is 0 Å². The number of nitrogens with one attached hydrogen (secondary N) is 1. The third-order valence-corrected chi connectivity index (χ3v) is 4.48. The lowest BCUT2D eigenvalue weighted by Gasteiger charge is -2.08. The molecule has 0 atom stereocenters. The van der Waals surface area contributed by atoms with Crippen LogP contribution >= 0.6 is 22.9 Å². The topological polar surface area (TPSA) is 116 Å². The first kappa shape index (κ1) is 13.3. The SMILES string of the molecule is NNc1nc2oc3nnc(N)c-3c(-c3ccc(Cl)cc3)c2s1. The van der Waals surface area contributed by atoms with Gasteiger partial charge in [-0.15, -0.1) is 10.2 Å². The molecule has 0 spiro atoms. The van der Waals surface area contributed by atoms with Gasteiger partial charge in [-0.2, -0.15) is 4.98 Å². The van der Waals surface area contributed by atoms with Gasteiger partial charge in [-0.3, -0.25) is 5.43 Å². The van der Waals surface area contributed by atoms with E-state index in [-0.39, 0.29) is 0 Å². The zero-order valence-electron chi connectivity index (χ0n) is 11.0. The fraction of sp³-hybridized carbons (Fsp3) is 0. The maximum atomic E-state index is 5.97. The third-order valence-electron chi connectivity index (χ3n) is 3.24. The Morgan fingerprint density at radius 3 is 2.64 bits per heavy atom. The van der Waals surface area contributed by atoms with E-state index >= 15 is 0 Å². The fourth-order valence-corrected chi connectivity index (χ4v) is 3.31. The summed E-state index contributed by atoms with van der Waals surface area (Å²) in [6.07, 6.45) is 0. The fourth-order valence-electron chi connectivity index (χ4n) is 2.31. The van der Waals surface area contributed by atoms with E-state index in [1.807, 2.05) is 24.3 Å². The van der Waals surface area contributed by atoms with Crippen molar-refractivity contribution in [3.05, 3.63) is 29.3 Å². The summed E-state index contributed by atoms with van der Waals surface area (Å²) in [6.45, 7) is 0. The molecule has 2 aliphatic heterocycles. The molecule has 0 saturated heterocycles. The zero-order chi connectivity index (χ0) is 15.3. The normalized spacial score (nSPS) is 11.4. The molecule has 5 N–H and O–H groups in total. The quantitative estimate of drug-likeness (QED) is 0.381. The van der Waals surface area contributed by atoms with Crippen LogP contribution in [0.15, 0.2) is 28.7 Å². The molecule has 1 aromatic heterocycles. The first-order chi connectivity index (χ1) is 10.7. The second-order valence-corrected chi connectivity index (χ2v) is 5.98. The highest BCUT2D eigenvalue weighted by atomic mass is 35.5. The van der Waals surface area contributed by atoms with Crippen LogP contribution in [0.1, 0.15) is 0 Å². The molecule has 0 unspecified atom stereocenters. The van der Waals surface area contributed by atoms with Crippen molar-refractivity contribution in [3.63, 3.8) is 0 Å². The lowest BCUT2D eigenvalue weighted by Crippen LogP contribution is -2.05. The Kier molecular flexibility index (Phi) is 2.89. The number of nitrogens with zero attached hydrogens (tertiary/aromatic N) is 3. The Hall–Kier alpha value is -2.42. The van der Waals surface area contributed by atoms with Crippen molar-refractivity contribution in [3.8, 4) is 22.6 Å². The molecular weight excluding hydrogens is 324 g/mol. The van der Waals surface area contributed by atoms with Gasteiger partial charge in [0.15, 0.2) is 5.82 Å². The van der Waals surface area contributed by atoms with E-state index < -0.39 is 0 Å². The van der Waals surface area contributed by atoms with Crippen LogP contribution in [0.4, 0.5) is 10.9 Å². The van der Waals surface area contributed by atoms with Crippen molar-refractivity contribution in [1.29, 1.82) is 0 Å². The Labute approximate surface area is 133 Å². The zero-order valence-corrected chi connectivity index (χ0v) is 12.6. The van der Waals surface area contributed by atoms with Crippen molar-refractivity contribution in [2.45, 2.75) is 0 Å². The largest absolute Gasteiger partial charge is 0.417 e. The highest BCUT2D eigenvalue weighted by Crippen LogP contribution is 2.45. The number of anilines is 2. The van der Waals surface area contributed by atoms with Gasteiger partial charge in [0.2, 0.25) is 10.8 Å². The molecule has 2 aromatic rings. The number of rotatable bonds is 2. The molecule has 7 nitrogen and oxygen atoms in total. The van der Waals surface area contributed by atoms with Crippen LogP contribution < -0.4 is 17.0 Å². The van der Waals surface area contributed by atoms with Crippen LogP contribution in [0.5, 0.6) is 0 Å². The lowest BCUT2D eigenvalue weighted by molar-refractivity contribution is 0.588. The number of thiazole rings is 1. The summed E-state index contributed by atoms with van der Waals surface area (Å²) in [7, 11) is 0. The van der Waals surface area contributed by atoms with E-state index in [2.05, 4.69) is 20.6 Å². The monoisotopic (exact) mass is 332 g/mol. The summed E-state index contributed by atoms with van der Waals surface area (Å²) >= 11 is 7.33. The molecule has 9 heteroatoms. The molecule has 0 bridgehead atoms. The average molecular weight is 333 g/mol. The number of nitrogens with two attached hydrogens (primary N) is 2. The predicted octanol–water partition coefficient (Wildman–Crippen LogP) is 2.97. The molecular formula is C13H9ClN6OS. The highest BCUT2D eigenvalue weighted by Gasteiger charge is 2.25. The molecule has 0 fully saturated rings. The summed E-state index contributed by atoms with van der Waals surface area (Å²) < 4.78 is 6.47. The summed E-state index contributed by atoms with van der Waals surface area (Å²) in [4.78, 5) is 4.28. The number of hydrazine groups is 1. The number of aromatic nitrogens is 3. The minimum atomic E-state index is 0.307. The van der Waals surface area contributed by atoms with Crippen LogP contribution in [0.2, 0.25) is 5.02 Å². The van der Waals surface area contributed by atoms with Crippen LogP contribution in [-0.4, -0.2) is 15.2 Å². The second-order valence-electron chi connectivity index (χ2n) is 4.55. The Morgan fingerprint density at radius 2 is 1.91 bits per heavy atom. The molecule has 0 amide bonds. The second kappa shape index (κ2) is 4.80. The van der Waals surface area contributed by atoms with Gasteiger partial charge >= 0.3 is 0 Å². The van der Waals surface area contributed by atoms with E-state index in [4.69, 9.17) is 27.6 Å². The molecule has 22 heavy (non-hydrogen) atoms. The van der Waals surface area contributed by atoms with Crippen molar-refractivity contribution in [2.24, 2.45) is 5.84 Å². The van der Waals surface area contributed by atoms with Gasteiger partial charge in [0.25, 0.3) is 5.89 Å². The molecule has 0 aliphatic carbocycles. The van der Waals surface area contributed by atoms with Gasteiger partial charge in [-0.05, 0) is 17.7 Å². The van der Waals surface area contributed by atoms with Crippen molar-refractivity contribution in [2.75, 3.05) is 11.2 Å². The van der Waals surface area contributed by atoms with Crippen molar-refractivity contribution >= 4 is 44.3 Å². The van der Waals surface area contributed by atoms with Crippen LogP contribution in [-0.2, 0) is 0 Å². The number of hydrogen-bond donors (Lipinski definition) is 3. The number of hydrogen-bond acceptors (Lipinski definition) is 8. The Morgan fingerprint density at radius 1 is 1.14 bits per heavy atom. The smallest absolute Gasteiger partial charge is 0.252 e. The molecule has 3 heterocycles. The maximum Gasteiger partial charge on any atom is 0.252 e. The summed E-state index contributed by atoms with van der Waals surface area (Å²) in [5.74, 6) is 6.08. The molecule has 0 radical (unpaired) electrons. The van der Waals surface area contributed by atoms with E-state index in [1.165, 1.54) is 11.3 Å². The number of fused-ring (bicyclic) bond motifs is 2. The molecule has 110 valence electrons. The van der Waals surface area contributed by atoms with Gasteiger partial charge in [0.05, 0.1) is 5.56 Å². The van der Waals surface area contributed by atoms with E-state index in [0.717, 1.165) is 15.8 Å². The molecule has 2 aliphatic rings. The number of halogens is 1. The van der Waals surface area contributed by atoms with Gasteiger partial charge in [-0.1, -0.05) is 35.1 Å². The maximum absolute atomic E-state index is 5.97. The minimum absolute atomic E-state index is 0.307. The average Bonchev–Trinajstić information content (AvgIpc) is 3.10. The highest BCUT2D eigenvalue weighted by molar-refractivity contribution is 7.22. The van der Waals surface area contributed by atoms with Crippen LogP contribution in [0, 0.1) is 0 Å². The Bertz CT molecular complexity index is 947. The van der Waals surface area contributed by atoms with Crippen LogP contribution in [0.25, 0.3) is 33.0 Å². The van der Waals surface area contributed by atoms with E-state index in [0.29, 0.717) is 33.1 Å². The Balaban J connectivity index is 2.13. The molecule has 1 aromatic carbocycles.